The number of allylic oxidation sites excluding steroid dienone is 3. The van der Waals surface area contributed by atoms with E-state index in [4.69, 9.17) is 9.84 Å². The molecule has 92 valence electrons. The minimum atomic E-state index is 0.254. The molecule has 0 aromatic rings. The number of ether oxygens (including phenoxy) is 1. The van der Waals surface area contributed by atoms with Gasteiger partial charge in [-0.2, -0.15) is 0 Å². The summed E-state index contributed by atoms with van der Waals surface area (Å²) in [5.41, 5.74) is 2.90. The van der Waals surface area contributed by atoms with Crippen molar-refractivity contribution < 1.29 is 9.84 Å². The summed E-state index contributed by atoms with van der Waals surface area (Å²) in [6.45, 7) is 6.11. The molecular weight excluding hydrogens is 200 g/mol. The molecule has 2 heteroatoms. The molecule has 1 unspecified atom stereocenters. The fraction of sp³-hybridized carbons (Fsp3) is 0.714. The van der Waals surface area contributed by atoms with Gasteiger partial charge in [0, 0.05) is 25.7 Å². The SMILES string of the molecule is CCCC1=CC=C(CCO)C1CCOCC. The Balaban J connectivity index is 2.49. The molecule has 0 bridgehead atoms. The fourth-order valence-corrected chi connectivity index (χ4v) is 2.33. The van der Waals surface area contributed by atoms with Gasteiger partial charge >= 0.3 is 0 Å². The van der Waals surface area contributed by atoms with E-state index in [9.17, 15) is 0 Å². The lowest BCUT2D eigenvalue weighted by molar-refractivity contribution is 0.138. The lowest BCUT2D eigenvalue weighted by Gasteiger charge is -2.19. The Morgan fingerprint density at radius 2 is 1.88 bits per heavy atom. The first-order chi connectivity index (χ1) is 7.83. The minimum absolute atomic E-state index is 0.254. The average Bonchev–Trinajstić information content (AvgIpc) is 2.64. The molecule has 1 atom stereocenters. The predicted molar refractivity (Wildman–Crippen MR) is 67.4 cm³/mol. The summed E-state index contributed by atoms with van der Waals surface area (Å²) in [6.07, 6.45) is 8.66. The second-order valence-electron chi connectivity index (χ2n) is 4.24. The van der Waals surface area contributed by atoms with Gasteiger partial charge in [0.25, 0.3) is 0 Å². The molecule has 0 aliphatic heterocycles. The third-order valence-electron chi connectivity index (χ3n) is 3.10. The number of aliphatic hydroxyl groups excluding tert-OH is 1. The molecule has 0 aromatic heterocycles. The van der Waals surface area contributed by atoms with Crippen molar-refractivity contribution in [2.24, 2.45) is 5.92 Å². The van der Waals surface area contributed by atoms with Gasteiger partial charge in [0.1, 0.15) is 0 Å². The smallest absolute Gasteiger partial charge is 0.0474 e. The van der Waals surface area contributed by atoms with Crippen LogP contribution in [0.3, 0.4) is 0 Å². The van der Waals surface area contributed by atoms with Gasteiger partial charge in [-0.1, -0.05) is 36.6 Å². The van der Waals surface area contributed by atoms with E-state index < -0.39 is 0 Å². The molecule has 1 N–H and O–H groups in total. The average molecular weight is 224 g/mol. The molecule has 1 rings (SSSR count). The van der Waals surface area contributed by atoms with E-state index in [1.54, 1.807) is 0 Å². The highest BCUT2D eigenvalue weighted by atomic mass is 16.5. The first-order valence-corrected chi connectivity index (χ1v) is 6.41. The van der Waals surface area contributed by atoms with Crippen molar-refractivity contribution >= 4 is 0 Å². The molecule has 0 radical (unpaired) electrons. The van der Waals surface area contributed by atoms with Gasteiger partial charge in [0.2, 0.25) is 0 Å². The van der Waals surface area contributed by atoms with Crippen LogP contribution in [-0.2, 0) is 4.74 Å². The quantitative estimate of drug-likeness (QED) is 0.642. The van der Waals surface area contributed by atoms with Crippen molar-refractivity contribution in [2.75, 3.05) is 19.8 Å². The third kappa shape index (κ3) is 3.76. The highest BCUT2D eigenvalue weighted by Crippen LogP contribution is 2.34. The number of hydrogen-bond acceptors (Lipinski definition) is 2. The second kappa shape index (κ2) is 7.64. The molecular formula is C14H24O2. The Morgan fingerprint density at radius 1 is 1.19 bits per heavy atom. The summed E-state index contributed by atoms with van der Waals surface area (Å²) in [7, 11) is 0. The summed E-state index contributed by atoms with van der Waals surface area (Å²) in [5.74, 6) is 0.527. The maximum Gasteiger partial charge on any atom is 0.0474 e. The van der Waals surface area contributed by atoms with Gasteiger partial charge in [-0.05, 0) is 26.2 Å². The van der Waals surface area contributed by atoms with Crippen LogP contribution in [0.25, 0.3) is 0 Å². The van der Waals surface area contributed by atoms with E-state index in [1.807, 2.05) is 6.92 Å². The minimum Gasteiger partial charge on any atom is -0.396 e. The first kappa shape index (κ1) is 13.5. The lowest BCUT2D eigenvalue weighted by Crippen LogP contribution is -2.10. The third-order valence-corrected chi connectivity index (χ3v) is 3.10. The van der Waals surface area contributed by atoms with E-state index in [1.165, 1.54) is 24.0 Å². The molecule has 0 saturated carbocycles. The van der Waals surface area contributed by atoms with Crippen molar-refractivity contribution in [1.82, 2.24) is 0 Å². The largest absolute Gasteiger partial charge is 0.396 e. The van der Waals surface area contributed by atoms with Crippen LogP contribution in [0, 0.1) is 5.92 Å². The van der Waals surface area contributed by atoms with Crippen molar-refractivity contribution in [1.29, 1.82) is 0 Å². The second-order valence-corrected chi connectivity index (χ2v) is 4.24. The predicted octanol–water partition coefficient (Wildman–Crippen LogP) is 3.08. The Morgan fingerprint density at radius 3 is 2.44 bits per heavy atom. The molecule has 0 amide bonds. The molecule has 0 saturated heterocycles. The van der Waals surface area contributed by atoms with Gasteiger partial charge in [-0.25, -0.2) is 0 Å². The van der Waals surface area contributed by atoms with Crippen LogP contribution in [0.15, 0.2) is 23.3 Å². The maximum absolute atomic E-state index is 9.04. The molecule has 1 aliphatic rings. The molecule has 16 heavy (non-hydrogen) atoms. The Kier molecular flexibility index (Phi) is 6.43. The molecule has 0 fully saturated rings. The highest BCUT2D eigenvalue weighted by Gasteiger charge is 2.21. The molecule has 0 spiro atoms. The van der Waals surface area contributed by atoms with Gasteiger partial charge in [0.15, 0.2) is 0 Å². The van der Waals surface area contributed by atoms with Crippen LogP contribution < -0.4 is 0 Å². The summed E-state index contributed by atoms with van der Waals surface area (Å²) >= 11 is 0. The number of rotatable bonds is 8. The van der Waals surface area contributed by atoms with E-state index in [0.29, 0.717) is 5.92 Å². The standard InChI is InChI=1S/C14H24O2/c1-3-5-12-6-7-13(8-10-15)14(12)9-11-16-4-2/h6-7,14-15H,3-5,8-11H2,1-2H3. The monoisotopic (exact) mass is 224 g/mol. The zero-order chi connectivity index (χ0) is 11.8. The Bertz CT molecular complexity index is 231. The van der Waals surface area contributed by atoms with Crippen molar-refractivity contribution in [2.45, 2.75) is 39.5 Å². The summed E-state index contributed by atoms with van der Waals surface area (Å²) in [6, 6.07) is 0. The zero-order valence-corrected chi connectivity index (χ0v) is 10.5. The summed E-state index contributed by atoms with van der Waals surface area (Å²) in [4.78, 5) is 0. The Labute approximate surface area is 99.0 Å². The molecule has 1 aliphatic carbocycles. The van der Waals surface area contributed by atoms with Crippen LogP contribution in [0.2, 0.25) is 0 Å². The van der Waals surface area contributed by atoms with Crippen molar-refractivity contribution in [3.63, 3.8) is 0 Å². The normalized spacial score (nSPS) is 19.8. The van der Waals surface area contributed by atoms with Gasteiger partial charge in [0.05, 0.1) is 0 Å². The van der Waals surface area contributed by atoms with Crippen molar-refractivity contribution in [3.05, 3.63) is 23.3 Å². The van der Waals surface area contributed by atoms with Gasteiger partial charge in [-0.3, -0.25) is 0 Å². The molecule has 2 nitrogen and oxygen atoms in total. The number of aliphatic hydroxyl groups is 1. The van der Waals surface area contributed by atoms with Crippen molar-refractivity contribution in [3.8, 4) is 0 Å². The zero-order valence-electron chi connectivity index (χ0n) is 10.5. The summed E-state index contributed by atoms with van der Waals surface area (Å²) in [5, 5.41) is 9.04. The van der Waals surface area contributed by atoms with Crippen LogP contribution in [0.5, 0.6) is 0 Å². The maximum atomic E-state index is 9.04. The lowest BCUT2D eigenvalue weighted by atomic mass is 9.89. The van der Waals surface area contributed by atoms with Gasteiger partial charge in [-0.15, -0.1) is 0 Å². The van der Waals surface area contributed by atoms with E-state index in [-0.39, 0.29) is 6.61 Å². The van der Waals surface area contributed by atoms with Crippen LogP contribution >= 0.6 is 0 Å². The van der Waals surface area contributed by atoms with Crippen LogP contribution in [0.1, 0.15) is 39.5 Å². The van der Waals surface area contributed by atoms with Gasteiger partial charge < -0.3 is 9.84 Å². The summed E-state index contributed by atoms with van der Waals surface area (Å²) < 4.78 is 5.43. The van der Waals surface area contributed by atoms with E-state index in [0.717, 1.165) is 26.1 Å². The fourth-order valence-electron chi connectivity index (χ4n) is 2.33. The van der Waals surface area contributed by atoms with E-state index >= 15 is 0 Å². The first-order valence-electron chi connectivity index (χ1n) is 6.41. The van der Waals surface area contributed by atoms with Crippen LogP contribution in [0.4, 0.5) is 0 Å². The topological polar surface area (TPSA) is 29.5 Å². The highest BCUT2D eigenvalue weighted by molar-refractivity contribution is 5.34. The van der Waals surface area contributed by atoms with E-state index in [2.05, 4.69) is 19.1 Å². The number of hydrogen-bond donors (Lipinski definition) is 1. The Hall–Kier alpha value is -0.600. The van der Waals surface area contributed by atoms with Crippen LogP contribution in [-0.4, -0.2) is 24.9 Å². The molecule has 0 aromatic carbocycles. The molecule has 0 heterocycles.